The molecule has 0 saturated heterocycles. The van der Waals surface area contributed by atoms with Gasteiger partial charge in [-0.3, -0.25) is 0 Å². The third-order valence-corrected chi connectivity index (χ3v) is 8.87. The molecule has 0 spiro atoms. The zero-order valence-corrected chi connectivity index (χ0v) is 20.0. The van der Waals surface area contributed by atoms with Crippen LogP contribution in [-0.2, 0) is 19.9 Å². The lowest BCUT2D eigenvalue weighted by atomic mass is 10.1. The van der Waals surface area contributed by atoms with Gasteiger partial charge in [-0.25, -0.2) is 25.8 Å². The number of hydrogen-bond donors (Lipinski definition) is 0. The summed E-state index contributed by atoms with van der Waals surface area (Å²) in [6.07, 6.45) is 3.03. The summed E-state index contributed by atoms with van der Waals surface area (Å²) in [4.78, 5) is 4.68. The zero-order valence-electron chi connectivity index (χ0n) is 16.8. The average Bonchev–Trinajstić information content (AvgIpc) is 3.13. The van der Waals surface area contributed by atoms with Crippen molar-refractivity contribution >= 4 is 46.8 Å². The fourth-order valence-electron chi connectivity index (χ4n) is 3.31. The Morgan fingerprint density at radius 3 is 2.35 bits per heavy atom. The smallest absolute Gasteiger partial charge is 0.236 e. The van der Waals surface area contributed by atoms with Crippen LogP contribution < -0.4 is 0 Å². The van der Waals surface area contributed by atoms with Gasteiger partial charge in [0.1, 0.15) is 0 Å². The molecule has 4 aromatic rings. The van der Waals surface area contributed by atoms with E-state index in [0.29, 0.717) is 21.0 Å². The molecular formula is C22H19BrN2O4S2. The molecule has 0 fully saturated rings. The SMILES string of the molecule is CCS(=O)(=O)c1cccc(-c2cn(S(=O)(=O)c3ccc(C)cc3)c3ncc(Br)cc23)c1. The van der Waals surface area contributed by atoms with Crippen molar-refractivity contribution in [1.29, 1.82) is 0 Å². The van der Waals surface area contributed by atoms with E-state index in [0.717, 1.165) is 9.54 Å². The summed E-state index contributed by atoms with van der Waals surface area (Å²) in [7, 11) is -7.31. The van der Waals surface area contributed by atoms with Crippen molar-refractivity contribution in [2.75, 3.05) is 5.75 Å². The van der Waals surface area contributed by atoms with Crippen LogP contribution in [0.4, 0.5) is 0 Å². The minimum atomic E-state index is -3.90. The van der Waals surface area contributed by atoms with Gasteiger partial charge in [-0.2, -0.15) is 0 Å². The highest BCUT2D eigenvalue weighted by molar-refractivity contribution is 9.10. The topological polar surface area (TPSA) is 86.1 Å². The lowest BCUT2D eigenvalue weighted by Gasteiger charge is -2.07. The average molecular weight is 519 g/mol. The standard InChI is InChI=1S/C22H19BrN2O4S2/c1-3-30(26,27)19-6-4-5-16(11-19)21-14-25(22-20(21)12-17(23)13-24-22)31(28,29)18-9-7-15(2)8-10-18/h4-14H,3H2,1-2H3. The second kappa shape index (κ2) is 7.89. The van der Waals surface area contributed by atoms with E-state index >= 15 is 0 Å². The van der Waals surface area contributed by atoms with E-state index in [1.807, 2.05) is 6.92 Å². The Morgan fingerprint density at radius 2 is 1.68 bits per heavy atom. The number of fused-ring (bicyclic) bond motifs is 1. The maximum atomic E-state index is 13.4. The van der Waals surface area contributed by atoms with E-state index in [1.54, 1.807) is 61.5 Å². The van der Waals surface area contributed by atoms with Crippen molar-refractivity contribution in [2.45, 2.75) is 23.6 Å². The van der Waals surface area contributed by atoms with E-state index in [9.17, 15) is 16.8 Å². The molecule has 4 rings (SSSR count). The minimum Gasteiger partial charge on any atom is -0.236 e. The summed E-state index contributed by atoms with van der Waals surface area (Å²) in [5.41, 5.74) is 2.39. The molecule has 2 aromatic carbocycles. The molecule has 2 heterocycles. The van der Waals surface area contributed by atoms with Crippen LogP contribution in [0, 0.1) is 6.92 Å². The molecule has 0 N–H and O–H groups in total. The van der Waals surface area contributed by atoms with Gasteiger partial charge < -0.3 is 0 Å². The molecule has 0 unspecified atom stereocenters. The Morgan fingerprint density at radius 1 is 0.968 bits per heavy atom. The summed E-state index contributed by atoms with van der Waals surface area (Å²) in [6.45, 7) is 3.47. The number of sulfone groups is 1. The third kappa shape index (κ3) is 3.93. The van der Waals surface area contributed by atoms with E-state index in [-0.39, 0.29) is 21.2 Å². The molecule has 0 amide bonds. The molecular weight excluding hydrogens is 500 g/mol. The normalized spacial score (nSPS) is 12.4. The van der Waals surface area contributed by atoms with Crippen LogP contribution in [0.3, 0.4) is 0 Å². The fourth-order valence-corrected chi connectivity index (χ4v) is 5.90. The quantitative estimate of drug-likeness (QED) is 0.378. The first kappa shape index (κ1) is 21.7. The van der Waals surface area contributed by atoms with Crippen molar-refractivity contribution in [3.05, 3.63) is 77.0 Å². The number of halogens is 1. The van der Waals surface area contributed by atoms with E-state index < -0.39 is 19.9 Å². The van der Waals surface area contributed by atoms with E-state index in [2.05, 4.69) is 20.9 Å². The van der Waals surface area contributed by atoms with Crippen molar-refractivity contribution in [2.24, 2.45) is 0 Å². The summed E-state index contributed by atoms with van der Waals surface area (Å²) < 4.78 is 53.3. The minimum absolute atomic E-state index is 0.0207. The van der Waals surface area contributed by atoms with Gasteiger partial charge in [0.15, 0.2) is 15.5 Å². The van der Waals surface area contributed by atoms with Crippen LogP contribution in [0.5, 0.6) is 0 Å². The lowest BCUT2D eigenvalue weighted by Crippen LogP contribution is -2.12. The maximum Gasteiger partial charge on any atom is 0.269 e. The number of pyridine rings is 1. The molecule has 0 aliphatic carbocycles. The van der Waals surface area contributed by atoms with Gasteiger partial charge in [0.25, 0.3) is 10.0 Å². The van der Waals surface area contributed by atoms with Gasteiger partial charge in [-0.15, -0.1) is 0 Å². The van der Waals surface area contributed by atoms with Crippen LogP contribution in [0.25, 0.3) is 22.2 Å². The molecule has 0 atom stereocenters. The number of aryl methyl sites for hydroxylation is 1. The van der Waals surface area contributed by atoms with Crippen LogP contribution in [0.15, 0.2) is 81.3 Å². The van der Waals surface area contributed by atoms with Crippen LogP contribution in [0.2, 0.25) is 0 Å². The maximum absolute atomic E-state index is 13.4. The van der Waals surface area contributed by atoms with Crippen molar-refractivity contribution < 1.29 is 16.8 Å². The number of benzene rings is 2. The molecule has 0 aliphatic heterocycles. The predicted octanol–water partition coefficient (Wildman–Crippen LogP) is 4.80. The number of nitrogens with zero attached hydrogens (tertiary/aromatic N) is 2. The lowest BCUT2D eigenvalue weighted by molar-refractivity contribution is 0.588. The largest absolute Gasteiger partial charge is 0.269 e. The highest BCUT2D eigenvalue weighted by atomic mass is 79.9. The van der Waals surface area contributed by atoms with Crippen molar-refractivity contribution in [3.8, 4) is 11.1 Å². The van der Waals surface area contributed by atoms with E-state index in [1.165, 1.54) is 12.4 Å². The van der Waals surface area contributed by atoms with Crippen LogP contribution >= 0.6 is 15.9 Å². The fraction of sp³-hybridized carbons (Fsp3) is 0.136. The second-order valence-electron chi connectivity index (χ2n) is 7.11. The number of hydrogen-bond acceptors (Lipinski definition) is 5. The first-order valence-electron chi connectivity index (χ1n) is 9.45. The molecule has 31 heavy (non-hydrogen) atoms. The van der Waals surface area contributed by atoms with Gasteiger partial charge >= 0.3 is 0 Å². The Balaban J connectivity index is 1.98. The first-order valence-corrected chi connectivity index (χ1v) is 13.3. The molecule has 6 nitrogen and oxygen atoms in total. The molecule has 160 valence electrons. The molecule has 0 radical (unpaired) electrons. The predicted molar refractivity (Wildman–Crippen MR) is 124 cm³/mol. The first-order chi connectivity index (χ1) is 14.6. The van der Waals surface area contributed by atoms with Gasteiger partial charge in [-0.05, 0) is 58.7 Å². The van der Waals surface area contributed by atoms with Gasteiger partial charge in [0.05, 0.1) is 15.5 Å². The molecule has 0 bridgehead atoms. The summed E-state index contributed by atoms with van der Waals surface area (Å²) >= 11 is 3.39. The molecule has 0 saturated carbocycles. The summed E-state index contributed by atoms with van der Waals surface area (Å²) in [5.74, 6) is -0.0207. The Hall–Kier alpha value is -2.49. The highest BCUT2D eigenvalue weighted by Crippen LogP contribution is 2.34. The third-order valence-electron chi connectivity index (χ3n) is 5.04. The van der Waals surface area contributed by atoms with Gasteiger partial charge in [0.2, 0.25) is 0 Å². The highest BCUT2D eigenvalue weighted by Gasteiger charge is 2.23. The van der Waals surface area contributed by atoms with Gasteiger partial charge in [0, 0.05) is 27.8 Å². The van der Waals surface area contributed by atoms with Crippen molar-refractivity contribution in [1.82, 2.24) is 8.96 Å². The van der Waals surface area contributed by atoms with Crippen LogP contribution in [0.1, 0.15) is 12.5 Å². The monoisotopic (exact) mass is 518 g/mol. The number of rotatable bonds is 5. The Kier molecular flexibility index (Phi) is 5.53. The number of aromatic nitrogens is 2. The summed E-state index contributed by atoms with van der Waals surface area (Å²) in [5, 5.41) is 0.594. The van der Waals surface area contributed by atoms with Crippen LogP contribution in [-0.4, -0.2) is 31.5 Å². The molecule has 0 aliphatic rings. The Labute approximate surface area is 189 Å². The van der Waals surface area contributed by atoms with Crippen molar-refractivity contribution in [3.63, 3.8) is 0 Å². The molecule has 9 heteroatoms. The Bertz CT molecular complexity index is 1510. The van der Waals surface area contributed by atoms with Gasteiger partial charge in [-0.1, -0.05) is 36.8 Å². The van der Waals surface area contributed by atoms with E-state index in [4.69, 9.17) is 0 Å². The summed E-state index contributed by atoms with van der Waals surface area (Å²) in [6, 6.07) is 14.9. The second-order valence-corrected chi connectivity index (χ2v) is 12.1. The zero-order chi connectivity index (χ0) is 22.4. The molecule has 2 aromatic heterocycles.